The average Bonchev–Trinajstić information content (AvgIpc) is 3.45. The van der Waals surface area contributed by atoms with Gasteiger partial charge in [-0.15, -0.1) is 0 Å². The van der Waals surface area contributed by atoms with Crippen LogP contribution in [0.5, 0.6) is 0 Å². The third-order valence-corrected chi connectivity index (χ3v) is 7.53. The first-order valence-corrected chi connectivity index (χ1v) is 12.4. The number of imidazole rings is 1. The van der Waals surface area contributed by atoms with Gasteiger partial charge in [-0.25, -0.2) is 13.4 Å². The number of fused-ring (bicyclic) bond motifs is 1. The minimum atomic E-state index is -3.57. The summed E-state index contributed by atoms with van der Waals surface area (Å²) in [6, 6.07) is 15.7. The van der Waals surface area contributed by atoms with Crippen molar-refractivity contribution in [3.8, 4) is 0 Å². The maximum Gasteiger partial charge on any atom is 0.289 e. The molecule has 3 aromatic heterocycles. The van der Waals surface area contributed by atoms with Crippen LogP contribution >= 0.6 is 0 Å². The quantitative estimate of drug-likeness (QED) is 0.436. The van der Waals surface area contributed by atoms with Gasteiger partial charge in [0.25, 0.3) is 5.91 Å². The lowest BCUT2D eigenvalue weighted by atomic mass is 10.2. The van der Waals surface area contributed by atoms with Gasteiger partial charge < -0.3 is 13.7 Å². The van der Waals surface area contributed by atoms with E-state index in [1.54, 1.807) is 41.3 Å². The third kappa shape index (κ3) is 4.55. The van der Waals surface area contributed by atoms with Gasteiger partial charge in [-0.1, -0.05) is 24.3 Å². The Kier molecular flexibility index (Phi) is 5.74. The molecule has 4 aromatic rings. The Morgan fingerprint density at radius 1 is 0.970 bits per heavy atom. The van der Waals surface area contributed by atoms with Crippen LogP contribution in [-0.2, 0) is 22.1 Å². The van der Waals surface area contributed by atoms with E-state index in [-0.39, 0.29) is 22.3 Å². The van der Waals surface area contributed by atoms with Gasteiger partial charge in [-0.05, 0) is 30.3 Å². The number of carbonyl (C=O) groups excluding carboxylic acids is 1. The van der Waals surface area contributed by atoms with Gasteiger partial charge in [-0.2, -0.15) is 0 Å². The molecule has 1 aromatic carbocycles. The summed E-state index contributed by atoms with van der Waals surface area (Å²) < 4.78 is 32.9. The van der Waals surface area contributed by atoms with Crippen LogP contribution in [0.3, 0.4) is 0 Å². The Hall–Kier alpha value is -3.43. The van der Waals surface area contributed by atoms with Crippen molar-refractivity contribution in [2.45, 2.75) is 17.2 Å². The van der Waals surface area contributed by atoms with E-state index in [4.69, 9.17) is 4.42 Å². The zero-order valence-electron chi connectivity index (χ0n) is 18.0. The lowest BCUT2D eigenvalue weighted by Crippen LogP contribution is -2.48. The SMILES string of the molecule is O=C(c1occc1CS(=O)(=O)c1ccccc1)N1CCN(Cc2cn3ccccc3n2)CC1. The molecular formula is C24H24N4O4S. The molecule has 4 heterocycles. The van der Waals surface area contributed by atoms with Crippen molar-refractivity contribution in [3.05, 3.63) is 90.3 Å². The summed E-state index contributed by atoms with van der Waals surface area (Å²) in [6.07, 6.45) is 5.37. The van der Waals surface area contributed by atoms with Crippen LogP contribution in [0.2, 0.25) is 0 Å². The molecule has 0 radical (unpaired) electrons. The molecule has 1 aliphatic heterocycles. The van der Waals surface area contributed by atoms with Crippen LogP contribution < -0.4 is 0 Å². The molecule has 8 nitrogen and oxygen atoms in total. The molecule has 0 N–H and O–H groups in total. The van der Waals surface area contributed by atoms with Crippen LogP contribution in [0.15, 0.2) is 82.6 Å². The number of pyridine rings is 1. The number of piperazine rings is 1. The van der Waals surface area contributed by atoms with Crippen LogP contribution in [-0.4, -0.2) is 59.7 Å². The molecule has 33 heavy (non-hydrogen) atoms. The van der Waals surface area contributed by atoms with Crippen molar-refractivity contribution in [2.24, 2.45) is 0 Å². The zero-order chi connectivity index (χ0) is 22.8. The van der Waals surface area contributed by atoms with Crippen LogP contribution in [0, 0.1) is 0 Å². The number of furan rings is 1. The Bertz CT molecular complexity index is 1340. The van der Waals surface area contributed by atoms with E-state index in [0.717, 1.165) is 11.3 Å². The molecule has 0 aliphatic carbocycles. The molecule has 170 valence electrons. The van der Waals surface area contributed by atoms with E-state index in [1.165, 1.54) is 6.26 Å². The number of amides is 1. The lowest BCUT2D eigenvalue weighted by Gasteiger charge is -2.34. The van der Waals surface area contributed by atoms with Crippen molar-refractivity contribution in [1.82, 2.24) is 19.2 Å². The number of nitrogens with zero attached hydrogens (tertiary/aromatic N) is 4. The average molecular weight is 465 g/mol. The van der Waals surface area contributed by atoms with Gasteiger partial charge in [0.15, 0.2) is 15.6 Å². The van der Waals surface area contributed by atoms with Gasteiger partial charge in [-0.3, -0.25) is 9.69 Å². The molecule has 1 fully saturated rings. The van der Waals surface area contributed by atoms with Gasteiger partial charge in [0.2, 0.25) is 0 Å². The highest BCUT2D eigenvalue weighted by Gasteiger charge is 2.28. The molecule has 9 heteroatoms. The Morgan fingerprint density at radius 2 is 1.73 bits per heavy atom. The van der Waals surface area contributed by atoms with Crippen LogP contribution in [0.25, 0.3) is 5.65 Å². The first-order valence-electron chi connectivity index (χ1n) is 10.8. The predicted octanol–water partition coefficient (Wildman–Crippen LogP) is 2.86. The van der Waals surface area contributed by atoms with E-state index >= 15 is 0 Å². The van der Waals surface area contributed by atoms with Crippen LogP contribution in [0.4, 0.5) is 0 Å². The molecule has 1 amide bonds. The monoisotopic (exact) mass is 464 g/mol. The maximum atomic E-state index is 13.1. The van der Waals surface area contributed by atoms with E-state index < -0.39 is 9.84 Å². The molecular weight excluding hydrogens is 440 g/mol. The zero-order valence-corrected chi connectivity index (χ0v) is 18.8. The lowest BCUT2D eigenvalue weighted by molar-refractivity contribution is 0.0595. The Balaban J connectivity index is 1.22. The molecule has 1 saturated heterocycles. The smallest absolute Gasteiger partial charge is 0.289 e. The van der Waals surface area contributed by atoms with Gasteiger partial charge in [0.05, 0.1) is 22.6 Å². The fraction of sp³-hybridized carbons (Fsp3) is 0.250. The number of rotatable bonds is 6. The van der Waals surface area contributed by atoms with Gasteiger partial charge in [0, 0.05) is 50.7 Å². The standard InChI is InChI=1S/C24H24N4O4S/c29-24(23-19(9-15-32-23)18-33(30,31)21-6-2-1-3-7-21)27-13-11-26(12-14-27)16-20-17-28-10-5-4-8-22(28)25-20/h1-10,15,17H,11-14,16,18H2. The summed E-state index contributed by atoms with van der Waals surface area (Å²) in [5.74, 6) is -0.448. The summed E-state index contributed by atoms with van der Waals surface area (Å²) in [5.41, 5.74) is 2.29. The number of hydrogen-bond acceptors (Lipinski definition) is 6. The molecule has 1 aliphatic rings. The van der Waals surface area contributed by atoms with Gasteiger partial charge in [0.1, 0.15) is 5.65 Å². The maximum absolute atomic E-state index is 13.1. The molecule has 0 saturated carbocycles. The third-order valence-electron chi connectivity index (χ3n) is 5.85. The highest BCUT2D eigenvalue weighted by Crippen LogP contribution is 2.22. The van der Waals surface area contributed by atoms with Crippen molar-refractivity contribution in [1.29, 1.82) is 0 Å². The van der Waals surface area contributed by atoms with Gasteiger partial charge >= 0.3 is 0 Å². The number of carbonyl (C=O) groups is 1. The highest BCUT2D eigenvalue weighted by molar-refractivity contribution is 7.90. The van der Waals surface area contributed by atoms with E-state index in [1.807, 2.05) is 35.0 Å². The second kappa shape index (κ2) is 8.84. The number of benzene rings is 1. The Labute approximate surface area is 192 Å². The predicted molar refractivity (Wildman–Crippen MR) is 122 cm³/mol. The second-order valence-electron chi connectivity index (χ2n) is 8.11. The summed E-state index contributed by atoms with van der Waals surface area (Å²) in [4.78, 5) is 21.9. The summed E-state index contributed by atoms with van der Waals surface area (Å²) in [6.45, 7) is 3.20. The largest absolute Gasteiger partial charge is 0.459 e. The summed E-state index contributed by atoms with van der Waals surface area (Å²) in [7, 11) is -3.57. The second-order valence-corrected chi connectivity index (χ2v) is 10.1. The minimum Gasteiger partial charge on any atom is -0.459 e. The van der Waals surface area contributed by atoms with Crippen LogP contribution in [0.1, 0.15) is 21.8 Å². The summed E-state index contributed by atoms with van der Waals surface area (Å²) >= 11 is 0. The van der Waals surface area contributed by atoms with Crippen molar-refractivity contribution >= 4 is 21.4 Å². The highest BCUT2D eigenvalue weighted by atomic mass is 32.2. The van der Waals surface area contributed by atoms with E-state index in [0.29, 0.717) is 38.3 Å². The summed E-state index contributed by atoms with van der Waals surface area (Å²) in [5, 5.41) is 0. The van der Waals surface area contributed by atoms with Crippen molar-refractivity contribution in [2.75, 3.05) is 26.2 Å². The fourth-order valence-corrected chi connectivity index (χ4v) is 5.47. The molecule has 0 atom stereocenters. The van der Waals surface area contributed by atoms with E-state index in [2.05, 4.69) is 9.88 Å². The first-order chi connectivity index (χ1) is 16.0. The topological polar surface area (TPSA) is 88.1 Å². The molecule has 5 rings (SSSR count). The Morgan fingerprint density at radius 3 is 2.48 bits per heavy atom. The number of sulfone groups is 1. The number of aromatic nitrogens is 2. The molecule has 0 bridgehead atoms. The molecule has 0 unspecified atom stereocenters. The number of hydrogen-bond donors (Lipinski definition) is 0. The van der Waals surface area contributed by atoms with Crippen molar-refractivity contribution in [3.63, 3.8) is 0 Å². The van der Waals surface area contributed by atoms with E-state index in [9.17, 15) is 13.2 Å². The first kappa shape index (κ1) is 21.4. The fourth-order valence-electron chi connectivity index (χ4n) is 4.10. The minimum absolute atomic E-state index is 0.100. The van der Waals surface area contributed by atoms with Crippen molar-refractivity contribution < 1.29 is 17.6 Å². The normalized spacial score (nSPS) is 15.2. The molecule has 0 spiro atoms.